The van der Waals surface area contributed by atoms with Crippen LogP contribution in [0.25, 0.3) is 0 Å². The Labute approximate surface area is 75.4 Å². The van der Waals surface area contributed by atoms with Crippen molar-refractivity contribution >= 4 is 0 Å². The molecule has 0 amide bonds. The fraction of sp³-hybridized carbons (Fsp3) is 1.00. The van der Waals surface area contributed by atoms with Gasteiger partial charge in [-0.25, -0.2) is 0 Å². The lowest BCUT2D eigenvalue weighted by atomic mass is 9.86. The molecule has 0 spiro atoms. The van der Waals surface area contributed by atoms with Crippen LogP contribution in [0.15, 0.2) is 0 Å². The van der Waals surface area contributed by atoms with Crippen molar-refractivity contribution in [2.45, 2.75) is 51.6 Å². The molecule has 1 rings (SSSR count). The van der Waals surface area contributed by atoms with Gasteiger partial charge in [0, 0.05) is 18.7 Å². The SMILES string of the molecule is CC(C)NC1CCC(CO)CC1. The molecule has 1 saturated carbocycles. The molecule has 0 saturated heterocycles. The van der Waals surface area contributed by atoms with Gasteiger partial charge in [0.05, 0.1) is 0 Å². The first-order valence-corrected chi connectivity index (χ1v) is 5.09. The first-order chi connectivity index (χ1) is 5.72. The second-order valence-electron chi connectivity index (χ2n) is 4.22. The molecule has 1 aliphatic carbocycles. The molecule has 1 aliphatic rings. The molecule has 0 aliphatic heterocycles. The van der Waals surface area contributed by atoms with Gasteiger partial charge in [0.25, 0.3) is 0 Å². The molecule has 2 nitrogen and oxygen atoms in total. The zero-order valence-corrected chi connectivity index (χ0v) is 8.21. The Balaban J connectivity index is 2.17. The standard InChI is InChI=1S/C10H21NO/c1-8(2)11-10-5-3-9(7-12)4-6-10/h8-12H,3-7H2,1-2H3. The van der Waals surface area contributed by atoms with Crippen LogP contribution in [-0.4, -0.2) is 23.8 Å². The lowest BCUT2D eigenvalue weighted by Gasteiger charge is -2.29. The Morgan fingerprint density at radius 1 is 1.25 bits per heavy atom. The Hall–Kier alpha value is -0.0800. The van der Waals surface area contributed by atoms with Gasteiger partial charge in [-0.2, -0.15) is 0 Å². The maximum atomic E-state index is 8.94. The van der Waals surface area contributed by atoms with Gasteiger partial charge in [0.15, 0.2) is 0 Å². The smallest absolute Gasteiger partial charge is 0.0459 e. The van der Waals surface area contributed by atoms with E-state index in [9.17, 15) is 0 Å². The van der Waals surface area contributed by atoms with Gasteiger partial charge in [-0.1, -0.05) is 13.8 Å². The second-order valence-corrected chi connectivity index (χ2v) is 4.22. The van der Waals surface area contributed by atoms with E-state index in [2.05, 4.69) is 19.2 Å². The van der Waals surface area contributed by atoms with Gasteiger partial charge in [-0.05, 0) is 31.6 Å². The number of hydrogen-bond acceptors (Lipinski definition) is 2. The van der Waals surface area contributed by atoms with Crippen molar-refractivity contribution in [2.24, 2.45) is 5.92 Å². The summed E-state index contributed by atoms with van der Waals surface area (Å²) < 4.78 is 0. The molecule has 0 aromatic carbocycles. The minimum atomic E-state index is 0.383. The Bertz CT molecular complexity index is 117. The van der Waals surface area contributed by atoms with Gasteiger partial charge in [0.2, 0.25) is 0 Å². The van der Waals surface area contributed by atoms with E-state index in [0.717, 1.165) is 0 Å². The molecule has 0 unspecified atom stereocenters. The van der Waals surface area contributed by atoms with Gasteiger partial charge >= 0.3 is 0 Å². The normalized spacial score (nSPS) is 31.0. The molecular formula is C10H21NO. The Morgan fingerprint density at radius 2 is 1.83 bits per heavy atom. The van der Waals surface area contributed by atoms with Crippen LogP contribution in [0.2, 0.25) is 0 Å². The predicted molar refractivity (Wildman–Crippen MR) is 51.1 cm³/mol. The number of aliphatic hydroxyl groups excluding tert-OH is 1. The van der Waals surface area contributed by atoms with E-state index in [1.807, 2.05) is 0 Å². The van der Waals surface area contributed by atoms with Gasteiger partial charge < -0.3 is 10.4 Å². The Kier molecular flexibility index (Phi) is 4.02. The van der Waals surface area contributed by atoms with Crippen molar-refractivity contribution in [1.29, 1.82) is 0 Å². The van der Waals surface area contributed by atoms with Gasteiger partial charge in [-0.3, -0.25) is 0 Å². The highest BCUT2D eigenvalue weighted by Gasteiger charge is 2.20. The molecule has 2 heteroatoms. The molecular weight excluding hydrogens is 150 g/mol. The van der Waals surface area contributed by atoms with E-state index < -0.39 is 0 Å². The number of nitrogens with one attached hydrogen (secondary N) is 1. The number of hydrogen-bond donors (Lipinski definition) is 2. The summed E-state index contributed by atoms with van der Waals surface area (Å²) in [7, 11) is 0. The highest BCUT2D eigenvalue weighted by molar-refractivity contribution is 4.77. The summed E-state index contributed by atoms with van der Waals surface area (Å²) in [5.74, 6) is 0.579. The monoisotopic (exact) mass is 171 g/mol. The number of rotatable bonds is 3. The van der Waals surface area contributed by atoms with E-state index in [1.165, 1.54) is 25.7 Å². The van der Waals surface area contributed by atoms with E-state index >= 15 is 0 Å². The average Bonchev–Trinajstić information content (AvgIpc) is 2.05. The summed E-state index contributed by atoms with van der Waals surface area (Å²) in [4.78, 5) is 0. The van der Waals surface area contributed by atoms with Crippen molar-refractivity contribution in [3.8, 4) is 0 Å². The van der Waals surface area contributed by atoms with E-state index in [0.29, 0.717) is 24.6 Å². The maximum absolute atomic E-state index is 8.94. The molecule has 0 radical (unpaired) electrons. The topological polar surface area (TPSA) is 32.3 Å². The van der Waals surface area contributed by atoms with Crippen molar-refractivity contribution in [3.05, 3.63) is 0 Å². The van der Waals surface area contributed by atoms with Crippen molar-refractivity contribution < 1.29 is 5.11 Å². The first kappa shape index (κ1) is 10.0. The van der Waals surface area contributed by atoms with Crippen LogP contribution in [0.5, 0.6) is 0 Å². The summed E-state index contributed by atoms with van der Waals surface area (Å²) in [5, 5.41) is 12.5. The van der Waals surface area contributed by atoms with Crippen LogP contribution >= 0.6 is 0 Å². The summed E-state index contributed by atoms with van der Waals surface area (Å²) >= 11 is 0. The molecule has 12 heavy (non-hydrogen) atoms. The second kappa shape index (κ2) is 4.83. The summed E-state index contributed by atoms with van der Waals surface area (Å²) in [6.45, 7) is 4.77. The lowest BCUT2D eigenvalue weighted by molar-refractivity contribution is 0.173. The van der Waals surface area contributed by atoms with Crippen molar-refractivity contribution in [3.63, 3.8) is 0 Å². The average molecular weight is 171 g/mol. The molecule has 0 heterocycles. The predicted octanol–water partition coefficient (Wildman–Crippen LogP) is 1.54. The van der Waals surface area contributed by atoms with Crippen LogP contribution in [0.3, 0.4) is 0 Å². The third-order valence-corrected chi connectivity index (χ3v) is 2.67. The molecule has 0 aromatic heterocycles. The number of aliphatic hydroxyl groups is 1. The van der Waals surface area contributed by atoms with Crippen LogP contribution < -0.4 is 5.32 Å². The van der Waals surface area contributed by atoms with E-state index in [-0.39, 0.29) is 0 Å². The molecule has 0 bridgehead atoms. The summed E-state index contributed by atoms with van der Waals surface area (Å²) in [5.41, 5.74) is 0. The molecule has 2 N–H and O–H groups in total. The van der Waals surface area contributed by atoms with Crippen LogP contribution in [0.1, 0.15) is 39.5 Å². The highest BCUT2D eigenvalue weighted by atomic mass is 16.3. The zero-order chi connectivity index (χ0) is 8.97. The molecule has 0 aromatic rings. The van der Waals surface area contributed by atoms with Crippen LogP contribution in [-0.2, 0) is 0 Å². The van der Waals surface area contributed by atoms with Gasteiger partial charge in [0.1, 0.15) is 0 Å². The lowest BCUT2D eigenvalue weighted by Crippen LogP contribution is -2.37. The molecule has 1 fully saturated rings. The Morgan fingerprint density at radius 3 is 2.25 bits per heavy atom. The van der Waals surface area contributed by atoms with E-state index in [1.54, 1.807) is 0 Å². The van der Waals surface area contributed by atoms with Crippen molar-refractivity contribution in [1.82, 2.24) is 5.32 Å². The third-order valence-electron chi connectivity index (χ3n) is 2.67. The summed E-state index contributed by atoms with van der Waals surface area (Å²) in [6.07, 6.45) is 4.87. The fourth-order valence-corrected chi connectivity index (χ4v) is 1.98. The van der Waals surface area contributed by atoms with E-state index in [4.69, 9.17) is 5.11 Å². The quantitative estimate of drug-likeness (QED) is 0.675. The molecule has 0 atom stereocenters. The maximum Gasteiger partial charge on any atom is 0.0459 e. The van der Waals surface area contributed by atoms with Crippen LogP contribution in [0.4, 0.5) is 0 Å². The van der Waals surface area contributed by atoms with Crippen LogP contribution in [0, 0.1) is 5.92 Å². The van der Waals surface area contributed by atoms with Gasteiger partial charge in [-0.15, -0.1) is 0 Å². The minimum absolute atomic E-state index is 0.383. The van der Waals surface area contributed by atoms with Crippen molar-refractivity contribution in [2.75, 3.05) is 6.61 Å². The fourth-order valence-electron chi connectivity index (χ4n) is 1.98. The first-order valence-electron chi connectivity index (χ1n) is 5.09. The summed E-state index contributed by atoms with van der Waals surface area (Å²) in [6, 6.07) is 1.30. The third kappa shape index (κ3) is 3.11. The molecule has 72 valence electrons. The highest BCUT2D eigenvalue weighted by Crippen LogP contribution is 2.23. The minimum Gasteiger partial charge on any atom is -0.396 e. The zero-order valence-electron chi connectivity index (χ0n) is 8.21. The largest absolute Gasteiger partial charge is 0.396 e.